The van der Waals surface area contributed by atoms with Crippen molar-refractivity contribution >= 4 is 28.1 Å². The lowest BCUT2D eigenvalue weighted by Gasteiger charge is -2.33. The topological polar surface area (TPSA) is 90.5 Å². The quantitative estimate of drug-likeness (QED) is 0.465. The summed E-state index contributed by atoms with van der Waals surface area (Å²) in [7, 11) is 0. The molecule has 8 nitrogen and oxygen atoms in total. The number of hydrogen-bond acceptors (Lipinski definition) is 6. The third-order valence-electron chi connectivity index (χ3n) is 6.83. The Kier molecular flexibility index (Phi) is 4.81. The number of amides is 1. The van der Waals surface area contributed by atoms with Crippen LogP contribution in [-0.4, -0.2) is 44.0 Å². The molecule has 8 heteroatoms. The molecule has 0 atom stereocenters. The molecule has 0 bridgehead atoms. The molecule has 1 fully saturated rings. The van der Waals surface area contributed by atoms with E-state index in [9.17, 15) is 9.59 Å². The van der Waals surface area contributed by atoms with Gasteiger partial charge >= 0.3 is 0 Å². The average Bonchev–Trinajstić information content (AvgIpc) is 3.49. The third-order valence-corrected chi connectivity index (χ3v) is 6.83. The molecule has 5 heterocycles. The van der Waals surface area contributed by atoms with Gasteiger partial charge in [0.15, 0.2) is 0 Å². The molecule has 0 N–H and O–H groups in total. The summed E-state index contributed by atoms with van der Waals surface area (Å²) in [6, 6.07) is 9.91. The van der Waals surface area contributed by atoms with Gasteiger partial charge in [-0.15, -0.1) is 0 Å². The number of likely N-dealkylation sites (tertiary alicyclic amines) is 1. The molecule has 2 aliphatic rings. The highest BCUT2D eigenvalue weighted by Crippen LogP contribution is 2.40. The number of carbonyl (C=O) groups is 1. The molecule has 2 aliphatic heterocycles. The Balaban J connectivity index is 1.54. The van der Waals surface area contributed by atoms with E-state index < -0.39 is 0 Å². The van der Waals surface area contributed by atoms with Crippen molar-refractivity contribution in [2.24, 2.45) is 0 Å². The standard InChI is InChI=1S/C26H26N4O4/c1-26(2)12-17-18(14-33-26)21(16-8-4-3-5-9-16)28-24-20(17)22-23(34-24)25(32)30(15-27-22)13-19(31)29-10-6-7-11-29/h3-5,8-9,15H,6-7,10-14H2,1-2H3. The number of pyridine rings is 1. The number of ether oxygens (including phenoxy) is 1. The summed E-state index contributed by atoms with van der Waals surface area (Å²) in [5, 5.41) is 0.760. The Bertz CT molecular complexity index is 1480. The van der Waals surface area contributed by atoms with Crippen LogP contribution in [0.3, 0.4) is 0 Å². The Labute approximate surface area is 196 Å². The lowest BCUT2D eigenvalue weighted by atomic mass is 9.88. The maximum absolute atomic E-state index is 13.3. The highest BCUT2D eigenvalue weighted by Gasteiger charge is 2.33. The lowest BCUT2D eigenvalue weighted by molar-refractivity contribution is -0.130. The van der Waals surface area contributed by atoms with Crippen molar-refractivity contribution < 1.29 is 13.9 Å². The second-order valence-electron chi connectivity index (χ2n) is 9.73. The number of fused-ring (bicyclic) bond motifs is 5. The fourth-order valence-corrected chi connectivity index (χ4v) is 5.06. The van der Waals surface area contributed by atoms with Crippen molar-refractivity contribution in [3.05, 3.63) is 58.1 Å². The van der Waals surface area contributed by atoms with Crippen LogP contribution < -0.4 is 5.56 Å². The predicted octanol–water partition coefficient (Wildman–Crippen LogP) is 3.68. The monoisotopic (exact) mass is 458 g/mol. The van der Waals surface area contributed by atoms with Crippen molar-refractivity contribution in [3.63, 3.8) is 0 Å². The minimum atomic E-state index is -0.365. The summed E-state index contributed by atoms with van der Waals surface area (Å²) >= 11 is 0. The second-order valence-corrected chi connectivity index (χ2v) is 9.73. The molecule has 6 rings (SSSR count). The Hall–Kier alpha value is -3.52. The fraction of sp³-hybridized carbons (Fsp3) is 0.385. The van der Waals surface area contributed by atoms with Crippen molar-refractivity contribution in [1.82, 2.24) is 19.4 Å². The molecule has 1 amide bonds. The molecule has 0 unspecified atom stereocenters. The predicted molar refractivity (Wildman–Crippen MR) is 127 cm³/mol. The number of furan rings is 1. The van der Waals surface area contributed by atoms with E-state index >= 15 is 0 Å². The first-order chi connectivity index (χ1) is 16.4. The first kappa shape index (κ1) is 21.0. The highest BCUT2D eigenvalue weighted by atomic mass is 16.5. The van der Waals surface area contributed by atoms with E-state index in [2.05, 4.69) is 18.8 Å². The van der Waals surface area contributed by atoms with Crippen LogP contribution in [0.25, 0.3) is 33.5 Å². The van der Waals surface area contributed by atoms with Gasteiger partial charge in [0.1, 0.15) is 12.1 Å². The average molecular weight is 459 g/mol. The molecule has 0 aliphatic carbocycles. The van der Waals surface area contributed by atoms with Crippen molar-refractivity contribution in [2.75, 3.05) is 13.1 Å². The van der Waals surface area contributed by atoms with Crippen LogP contribution in [-0.2, 0) is 29.1 Å². The summed E-state index contributed by atoms with van der Waals surface area (Å²) in [5.41, 5.74) is 4.09. The molecular weight excluding hydrogens is 432 g/mol. The lowest BCUT2D eigenvalue weighted by Crippen LogP contribution is -2.34. The van der Waals surface area contributed by atoms with E-state index in [0.717, 1.165) is 53.7 Å². The van der Waals surface area contributed by atoms with E-state index in [0.29, 0.717) is 24.3 Å². The summed E-state index contributed by atoms with van der Waals surface area (Å²) < 4.78 is 13.5. The number of aromatic nitrogens is 3. The van der Waals surface area contributed by atoms with Gasteiger partial charge in [0.25, 0.3) is 5.56 Å². The molecule has 1 aromatic carbocycles. The number of nitrogens with zero attached hydrogens (tertiary/aromatic N) is 4. The maximum atomic E-state index is 13.3. The largest absolute Gasteiger partial charge is 0.430 e. The van der Waals surface area contributed by atoms with Gasteiger partial charge in [-0.3, -0.25) is 14.2 Å². The highest BCUT2D eigenvalue weighted by molar-refractivity contribution is 6.04. The van der Waals surface area contributed by atoms with Crippen molar-refractivity contribution in [1.29, 1.82) is 0 Å². The number of hydrogen-bond donors (Lipinski definition) is 0. The van der Waals surface area contributed by atoms with Crippen molar-refractivity contribution in [2.45, 2.75) is 51.9 Å². The zero-order valence-corrected chi connectivity index (χ0v) is 19.3. The van der Waals surface area contributed by atoms with E-state index in [1.165, 1.54) is 10.9 Å². The van der Waals surface area contributed by atoms with E-state index in [4.69, 9.17) is 14.1 Å². The molecule has 3 aromatic heterocycles. The molecule has 4 aromatic rings. The summed E-state index contributed by atoms with van der Waals surface area (Å²) in [5.74, 6) is -0.0716. The molecule has 0 saturated carbocycles. The van der Waals surface area contributed by atoms with Crippen LogP contribution >= 0.6 is 0 Å². The molecular formula is C26H26N4O4. The van der Waals surface area contributed by atoms with Crippen LogP contribution in [0.15, 0.2) is 45.9 Å². The third kappa shape index (κ3) is 3.40. The van der Waals surface area contributed by atoms with Crippen LogP contribution in [0.1, 0.15) is 37.8 Å². The van der Waals surface area contributed by atoms with Gasteiger partial charge in [-0.05, 0) is 32.3 Å². The van der Waals surface area contributed by atoms with Crippen LogP contribution in [0.5, 0.6) is 0 Å². The first-order valence-electron chi connectivity index (χ1n) is 11.7. The maximum Gasteiger partial charge on any atom is 0.297 e. The first-order valence-corrected chi connectivity index (χ1v) is 11.7. The SMILES string of the molecule is CC1(C)Cc2c(c(-c3ccccc3)nc3oc4c(=O)n(CC(=O)N5CCCC5)cnc4c23)CO1. The van der Waals surface area contributed by atoms with Crippen LogP contribution in [0.2, 0.25) is 0 Å². The zero-order chi connectivity index (χ0) is 23.4. The van der Waals surface area contributed by atoms with Gasteiger partial charge < -0.3 is 14.1 Å². The summed E-state index contributed by atoms with van der Waals surface area (Å²) in [4.78, 5) is 37.1. The molecule has 0 radical (unpaired) electrons. The smallest absolute Gasteiger partial charge is 0.297 e. The molecule has 0 spiro atoms. The number of rotatable bonds is 3. The number of carbonyl (C=O) groups excluding carboxylic acids is 1. The van der Waals surface area contributed by atoms with E-state index in [-0.39, 0.29) is 29.2 Å². The molecule has 1 saturated heterocycles. The van der Waals surface area contributed by atoms with Gasteiger partial charge in [0.05, 0.1) is 29.6 Å². The molecule has 174 valence electrons. The summed E-state index contributed by atoms with van der Waals surface area (Å²) in [6.45, 7) is 5.96. The summed E-state index contributed by atoms with van der Waals surface area (Å²) in [6.07, 6.45) is 4.10. The zero-order valence-electron chi connectivity index (χ0n) is 19.3. The van der Waals surface area contributed by atoms with Gasteiger partial charge in [0, 0.05) is 30.6 Å². The van der Waals surface area contributed by atoms with Crippen molar-refractivity contribution in [3.8, 4) is 11.3 Å². The molecule has 34 heavy (non-hydrogen) atoms. The van der Waals surface area contributed by atoms with Crippen LogP contribution in [0, 0.1) is 0 Å². The van der Waals surface area contributed by atoms with Gasteiger partial charge in [0.2, 0.25) is 17.2 Å². The van der Waals surface area contributed by atoms with Crippen LogP contribution in [0.4, 0.5) is 0 Å². The van der Waals surface area contributed by atoms with E-state index in [1.54, 1.807) is 4.90 Å². The fourth-order valence-electron chi connectivity index (χ4n) is 5.06. The Morgan fingerprint density at radius 3 is 2.65 bits per heavy atom. The van der Waals surface area contributed by atoms with Gasteiger partial charge in [-0.1, -0.05) is 30.3 Å². The second kappa shape index (κ2) is 7.77. The van der Waals surface area contributed by atoms with Gasteiger partial charge in [-0.2, -0.15) is 0 Å². The van der Waals surface area contributed by atoms with E-state index in [1.807, 2.05) is 30.3 Å². The Morgan fingerprint density at radius 1 is 1.12 bits per heavy atom. The van der Waals surface area contributed by atoms with Gasteiger partial charge in [-0.25, -0.2) is 9.97 Å². The minimum absolute atomic E-state index is 0.0412. The Morgan fingerprint density at radius 2 is 1.88 bits per heavy atom. The normalized spacial score (nSPS) is 17.4. The minimum Gasteiger partial charge on any atom is -0.430 e. The number of benzene rings is 1.